The quantitative estimate of drug-likeness (QED) is 0.279. The van der Waals surface area contributed by atoms with Crippen LogP contribution in [0.2, 0.25) is 0 Å². The third-order valence-electron chi connectivity index (χ3n) is 7.27. The summed E-state index contributed by atoms with van der Waals surface area (Å²) in [6.45, 7) is 2.91. The summed E-state index contributed by atoms with van der Waals surface area (Å²) in [4.78, 5) is 0. The van der Waals surface area contributed by atoms with E-state index in [2.05, 4.69) is 0 Å². The van der Waals surface area contributed by atoms with Crippen LogP contribution in [0.1, 0.15) is 22.5 Å². The molecule has 2 aromatic carbocycles. The number of allylic oxidation sites excluding steroid dienone is 2. The van der Waals surface area contributed by atoms with E-state index in [0.717, 1.165) is 0 Å². The Balaban J connectivity index is 2.04. The second kappa shape index (κ2) is 7.08. The summed E-state index contributed by atoms with van der Waals surface area (Å²) < 4.78 is 101. The highest BCUT2D eigenvalue weighted by atomic mass is 19.3. The Bertz CT molecular complexity index is 1560. The molecule has 184 valence electrons. The first-order valence-electron chi connectivity index (χ1n) is 10.9. The maximum atomic E-state index is 15.6. The molecule has 0 aliphatic heterocycles. The summed E-state index contributed by atoms with van der Waals surface area (Å²) in [5.41, 5.74) is -2.12. The Labute approximate surface area is 197 Å². The van der Waals surface area contributed by atoms with E-state index in [9.17, 15) is 0 Å². The van der Waals surface area contributed by atoms with Crippen LogP contribution >= 0.6 is 0 Å². The molecule has 5 rings (SSSR count). The van der Waals surface area contributed by atoms with Gasteiger partial charge in [0.25, 0.3) is 0 Å². The zero-order valence-electron chi connectivity index (χ0n) is 19.6. The lowest BCUT2D eigenvalue weighted by atomic mass is 9.91. The Hall–Kier alpha value is -3.36. The molecule has 0 N–H and O–H groups in total. The van der Waals surface area contributed by atoms with Gasteiger partial charge in [0.15, 0.2) is 0 Å². The molecular formula is C26H22F6N2O. The molecule has 0 saturated carbocycles. The summed E-state index contributed by atoms with van der Waals surface area (Å²) in [5, 5.41) is 0.326. The Morgan fingerprint density at radius 1 is 0.686 bits per heavy atom. The average Bonchev–Trinajstić information content (AvgIpc) is 3.24. The van der Waals surface area contributed by atoms with Gasteiger partial charge in [0.1, 0.15) is 5.75 Å². The fourth-order valence-corrected chi connectivity index (χ4v) is 5.22. The molecule has 2 heterocycles. The van der Waals surface area contributed by atoms with Crippen molar-refractivity contribution in [2.24, 2.45) is 14.1 Å². The van der Waals surface area contributed by atoms with Crippen LogP contribution in [-0.4, -0.2) is 34.0 Å². The van der Waals surface area contributed by atoms with Crippen LogP contribution in [0.15, 0.2) is 42.5 Å². The topological polar surface area (TPSA) is 19.1 Å². The van der Waals surface area contributed by atoms with Gasteiger partial charge in [0.05, 0.1) is 7.11 Å². The normalized spacial score (nSPS) is 18.7. The minimum absolute atomic E-state index is 0.128. The van der Waals surface area contributed by atoms with Crippen LogP contribution in [-0.2, 0) is 14.1 Å². The highest BCUT2D eigenvalue weighted by Crippen LogP contribution is 2.66. The molecule has 3 nitrogen and oxygen atoms in total. The SMILES string of the molecule is COc1ccc2c(c1)c(C1=C(c3c(C)n(C)c4ccccc34)C(F)(F)C(F)(F)C1(F)F)c(C)n2C. The molecule has 35 heavy (non-hydrogen) atoms. The van der Waals surface area contributed by atoms with Crippen LogP contribution in [0.4, 0.5) is 26.3 Å². The molecule has 9 heteroatoms. The lowest BCUT2D eigenvalue weighted by molar-refractivity contribution is -0.254. The van der Waals surface area contributed by atoms with E-state index < -0.39 is 28.9 Å². The molecular weight excluding hydrogens is 470 g/mol. The number of halogens is 6. The number of hydrogen-bond donors (Lipinski definition) is 0. The molecule has 4 aromatic rings. The van der Waals surface area contributed by atoms with Gasteiger partial charge in [-0.3, -0.25) is 0 Å². The molecule has 0 bridgehead atoms. The second-order valence-corrected chi connectivity index (χ2v) is 8.91. The Morgan fingerprint density at radius 2 is 1.17 bits per heavy atom. The first-order chi connectivity index (χ1) is 16.3. The predicted octanol–water partition coefficient (Wildman–Crippen LogP) is 7.13. The number of aromatic nitrogens is 2. The minimum Gasteiger partial charge on any atom is -0.497 e. The van der Waals surface area contributed by atoms with E-state index in [4.69, 9.17) is 4.74 Å². The van der Waals surface area contributed by atoms with Gasteiger partial charge in [-0.1, -0.05) is 18.2 Å². The van der Waals surface area contributed by atoms with Crippen molar-refractivity contribution in [3.8, 4) is 5.75 Å². The molecule has 1 aliphatic rings. The highest BCUT2D eigenvalue weighted by Gasteiger charge is 2.80. The number of fused-ring (bicyclic) bond motifs is 2. The largest absolute Gasteiger partial charge is 0.497 e. The van der Waals surface area contributed by atoms with Crippen LogP contribution in [0.5, 0.6) is 5.75 Å². The van der Waals surface area contributed by atoms with E-state index in [1.54, 1.807) is 49.0 Å². The third kappa shape index (κ3) is 2.69. The van der Waals surface area contributed by atoms with E-state index in [1.807, 2.05) is 0 Å². The first kappa shape index (κ1) is 23.4. The van der Waals surface area contributed by atoms with Crippen molar-refractivity contribution in [2.45, 2.75) is 31.6 Å². The monoisotopic (exact) mass is 492 g/mol. The van der Waals surface area contributed by atoms with Crippen molar-refractivity contribution in [3.63, 3.8) is 0 Å². The minimum atomic E-state index is -5.64. The zero-order valence-corrected chi connectivity index (χ0v) is 19.6. The maximum Gasteiger partial charge on any atom is 0.380 e. The zero-order chi connectivity index (χ0) is 25.7. The molecule has 0 amide bonds. The molecule has 0 unspecified atom stereocenters. The van der Waals surface area contributed by atoms with E-state index in [0.29, 0.717) is 11.0 Å². The predicted molar refractivity (Wildman–Crippen MR) is 124 cm³/mol. The van der Waals surface area contributed by atoms with Crippen molar-refractivity contribution < 1.29 is 31.1 Å². The summed E-state index contributed by atoms with van der Waals surface area (Å²) in [7, 11) is 4.52. The number of para-hydroxylation sites is 1. The summed E-state index contributed by atoms with van der Waals surface area (Å²) in [6.07, 6.45) is 0. The van der Waals surface area contributed by atoms with Gasteiger partial charge in [-0.25, -0.2) is 0 Å². The van der Waals surface area contributed by atoms with E-state index in [1.165, 1.54) is 37.7 Å². The number of nitrogens with zero attached hydrogens (tertiary/aromatic N) is 2. The number of rotatable bonds is 3. The Kier molecular flexibility index (Phi) is 4.73. The van der Waals surface area contributed by atoms with Crippen LogP contribution in [0.25, 0.3) is 33.0 Å². The van der Waals surface area contributed by atoms with Crippen molar-refractivity contribution in [3.05, 3.63) is 65.0 Å². The van der Waals surface area contributed by atoms with Gasteiger partial charge >= 0.3 is 17.8 Å². The highest BCUT2D eigenvalue weighted by molar-refractivity contribution is 6.12. The number of alkyl halides is 6. The third-order valence-corrected chi connectivity index (χ3v) is 7.27. The number of ether oxygens (including phenoxy) is 1. The van der Waals surface area contributed by atoms with Crippen molar-refractivity contribution in [1.29, 1.82) is 0 Å². The second-order valence-electron chi connectivity index (χ2n) is 8.91. The van der Waals surface area contributed by atoms with Gasteiger partial charge in [0, 0.05) is 69.6 Å². The number of methoxy groups -OCH3 is 1. The molecule has 0 saturated heterocycles. The maximum absolute atomic E-state index is 15.6. The van der Waals surface area contributed by atoms with Crippen molar-refractivity contribution >= 4 is 33.0 Å². The van der Waals surface area contributed by atoms with Crippen molar-refractivity contribution in [1.82, 2.24) is 9.13 Å². The Morgan fingerprint density at radius 3 is 1.71 bits per heavy atom. The summed E-state index contributed by atoms with van der Waals surface area (Å²) in [6, 6.07) is 10.9. The van der Waals surface area contributed by atoms with Crippen LogP contribution in [0.3, 0.4) is 0 Å². The van der Waals surface area contributed by atoms with Crippen molar-refractivity contribution in [2.75, 3.05) is 7.11 Å². The van der Waals surface area contributed by atoms with Crippen LogP contribution < -0.4 is 4.74 Å². The summed E-state index contributed by atoms with van der Waals surface area (Å²) in [5.74, 6) is -15.6. The van der Waals surface area contributed by atoms with Gasteiger partial charge < -0.3 is 13.9 Å². The van der Waals surface area contributed by atoms with E-state index in [-0.39, 0.29) is 39.0 Å². The van der Waals surface area contributed by atoms with Gasteiger partial charge in [-0.15, -0.1) is 0 Å². The number of hydrogen-bond acceptors (Lipinski definition) is 1. The lowest BCUT2D eigenvalue weighted by Crippen LogP contribution is -2.49. The molecule has 0 spiro atoms. The smallest absolute Gasteiger partial charge is 0.380 e. The standard InChI is InChI=1S/C26H22F6N2O/c1-13-20(16-8-6-7-9-18(16)33(13)3)22-23(25(29,30)26(31,32)24(22,27)28)21-14(2)34(4)19-11-10-15(35-5)12-17(19)21/h6-12H,1-5H3. The fraction of sp³-hybridized carbons (Fsp3) is 0.308. The van der Waals surface area contributed by atoms with E-state index >= 15 is 26.3 Å². The molecule has 0 radical (unpaired) electrons. The molecule has 0 atom stereocenters. The number of aryl methyl sites for hydroxylation is 2. The first-order valence-corrected chi connectivity index (χ1v) is 10.9. The molecule has 0 fully saturated rings. The molecule has 2 aromatic heterocycles. The van der Waals surface area contributed by atoms with Gasteiger partial charge in [0.2, 0.25) is 0 Å². The van der Waals surface area contributed by atoms with Crippen LogP contribution in [0, 0.1) is 13.8 Å². The average molecular weight is 492 g/mol. The summed E-state index contributed by atoms with van der Waals surface area (Å²) >= 11 is 0. The number of benzene rings is 2. The van der Waals surface area contributed by atoms with Gasteiger partial charge in [-0.05, 0) is 38.1 Å². The molecule has 1 aliphatic carbocycles. The fourth-order valence-electron chi connectivity index (χ4n) is 5.22. The van der Waals surface area contributed by atoms with Gasteiger partial charge in [-0.2, -0.15) is 26.3 Å². The lowest BCUT2D eigenvalue weighted by Gasteiger charge is -2.26.